The molecule has 3 heteroatoms. The molecular weight excluding hydrogens is 246 g/mol. The van der Waals surface area contributed by atoms with Crippen molar-refractivity contribution >= 4 is 0 Å². The zero-order valence-electron chi connectivity index (χ0n) is 13.2. The summed E-state index contributed by atoms with van der Waals surface area (Å²) in [5.74, 6) is 0. The monoisotopic (exact) mass is 271 g/mol. The number of nitrogens with zero attached hydrogens (tertiary/aromatic N) is 2. The maximum Gasteiger partial charge on any atom is 0.0750 e. The van der Waals surface area contributed by atoms with Gasteiger partial charge in [0.15, 0.2) is 0 Å². The Hall–Kier alpha value is -1.61. The van der Waals surface area contributed by atoms with Crippen molar-refractivity contribution in [2.24, 2.45) is 0 Å². The maximum atomic E-state index is 4.59. The lowest BCUT2D eigenvalue weighted by atomic mass is 9.96. The Bertz CT molecular complexity index is 584. The standard InChI is InChI=1S/C17H25N3/c1-6-18-17(15-10-12(3)8-9-13(15)4)16-11-14(5)19-20(16)7-2/h8-11,17-18H,6-7H2,1-5H3. The molecule has 0 aliphatic carbocycles. The van der Waals surface area contributed by atoms with E-state index in [2.05, 4.69) is 74.0 Å². The molecule has 0 saturated carbocycles. The van der Waals surface area contributed by atoms with Gasteiger partial charge in [0.2, 0.25) is 0 Å². The molecular formula is C17H25N3. The summed E-state index contributed by atoms with van der Waals surface area (Å²) in [6, 6.07) is 9.06. The highest BCUT2D eigenvalue weighted by molar-refractivity contribution is 5.37. The molecule has 0 amide bonds. The predicted molar refractivity (Wildman–Crippen MR) is 84.1 cm³/mol. The number of aryl methyl sites for hydroxylation is 4. The van der Waals surface area contributed by atoms with Crippen LogP contribution >= 0.6 is 0 Å². The molecule has 108 valence electrons. The van der Waals surface area contributed by atoms with E-state index in [-0.39, 0.29) is 6.04 Å². The van der Waals surface area contributed by atoms with Crippen molar-refractivity contribution in [2.75, 3.05) is 6.54 Å². The summed E-state index contributed by atoms with van der Waals surface area (Å²) in [5, 5.41) is 8.20. The number of aromatic nitrogens is 2. The summed E-state index contributed by atoms with van der Waals surface area (Å²) < 4.78 is 2.10. The molecule has 1 N–H and O–H groups in total. The minimum absolute atomic E-state index is 0.209. The molecule has 20 heavy (non-hydrogen) atoms. The lowest BCUT2D eigenvalue weighted by Crippen LogP contribution is -2.25. The number of hydrogen-bond acceptors (Lipinski definition) is 2. The average molecular weight is 271 g/mol. The van der Waals surface area contributed by atoms with E-state index in [1.165, 1.54) is 22.4 Å². The molecule has 1 aromatic heterocycles. The van der Waals surface area contributed by atoms with Gasteiger partial charge in [-0.15, -0.1) is 0 Å². The molecule has 0 radical (unpaired) electrons. The van der Waals surface area contributed by atoms with Crippen LogP contribution in [0.3, 0.4) is 0 Å². The summed E-state index contributed by atoms with van der Waals surface area (Å²) in [6.07, 6.45) is 0. The highest BCUT2D eigenvalue weighted by Crippen LogP contribution is 2.26. The fourth-order valence-electron chi connectivity index (χ4n) is 2.70. The van der Waals surface area contributed by atoms with Crippen molar-refractivity contribution in [3.63, 3.8) is 0 Å². The third-order valence-corrected chi connectivity index (χ3v) is 3.68. The van der Waals surface area contributed by atoms with E-state index < -0.39 is 0 Å². The Kier molecular flexibility index (Phi) is 4.61. The second kappa shape index (κ2) is 6.23. The Morgan fingerprint density at radius 1 is 1.15 bits per heavy atom. The van der Waals surface area contributed by atoms with Gasteiger partial charge in [-0.1, -0.05) is 30.7 Å². The smallest absolute Gasteiger partial charge is 0.0750 e. The SMILES string of the molecule is CCNC(c1cc(C)ccc1C)c1cc(C)nn1CC. The Labute approximate surface area is 122 Å². The van der Waals surface area contributed by atoms with Crippen LogP contribution in [0, 0.1) is 20.8 Å². The molecule has 0 fully saturated rings. The van der Waals surface area contributed by atoms with Gasteiger partial charge < -0.3 is 5.32 Å². The van der Waals surface area contributed by atoms with Crippen LogP contribution in [0.4, 0.5) is 0 Å². The molecule has 0 aliphatic rings. The van der Waals surface area contributed by atoms with E-state index in [1.807, 2.05) is 0 Å². The van der Waals surface area contributed by atoms with Crippen molar-refractivity contribution in [3.05, 3.63) is 52.3 Å². The van der Waals surface area contributed by atoms with Crippen LogP contribution in [0.5, 0.6) is 0 Å². The molecule has 0 saturated heterocycles. The van der Waals surface area contributed by atoms with Gasteiger partial charge in [0.05, 0.1) is 17.4 Å². The fraction of sp³-hybridized carbons (Fsp3) is 0.471. The van der Waals surface area contributed by atoms with Crippen molar-refractivity contribution in [1.29, 1.82) is 0 Å². The van der Waals surface area contributed by atoms with E-state index in [1.54, 1.807) is 0 Å². The molecule has 0 spiro atoms. The van der Waals surface area contributed by atoms with Gasteiger partial charge in [0, 0.05) is 6.54 Å². The topological polar surface area (TPSA) is 29.9 Å². The second-order valence-corrected chi connectivity index (χ2v) is 5.38. The van der Waals surface area contributed by atoms with Gasteiger partial charge in [0.25, 0.3) is 0 Å². The van der Waals surface area contributed by atoms with Gasteiger partial charge in [-0.3, -0.25) is 4.68 Å². The third-order valence-electron chi connectivity index (χ3n) is 3.68. The van der Waals surface area contributed by atoms with Gasteiger partial charge in [-0.25, -0.2) is 0 Å². The molecule has 0 aliphatic heterocycles. The Morgan fingerprint density at radius 2 is 1.90 bits per heavy atom. The van der Waals surface area contributed by atoms with Gasteiger partial charge in [0.1, 0.15) is 0 Å². The summed E-state index contributed by atoms with van der Waals surface area (Å²) in [4.78, 5) is 0. The quantitative estimate of drug-likeness (QED) is 0.901. The van der Waals surface area contributed by atoms with Crippen LogP contribution in [-0.2, 0) is 6.54 Å². The van der Waals surface area contributed by atoms with Crippen LogP contribution in [0.2, 0.25) is 0 Å². The van der Waals surface area contributed by atoms with Gasteiger partial charge in [-0.05, 0) is 51.4 Å². The van der Waals surface area contributed by atoms with E-state index in [0.717, 1.165) is 18.8 Å². The molecule has 2 aromatic rings. The zero-order valence-corrected chi connectivity index (χ0v) is 13.2. The van der Waals surface area contributed by atoms with Crippen molar-refractivity contribution < 1.29 is 0 Å². The number of rotatable bonds is 5. The van der Waals surface area contributed by atoms with Crippen molar-refractivity contribution in [2.45, 2.75) is 47.2 Å². The fourth-order valence-corrected chi connectivity index (χ4v) is 2.70. The molecule has 2 rings (SSSR count). The number of hydrogen-bond donors (Lipinski definition) is 1. The van der Waals surface area contributed by atoms with Crippen molar-refractivity contribution in [1.82, 2.24) is 15.1 Å². The third kappa shape index (κ3) is 2.93. The second-order valence-electron chi connectivity index (χ2n) is 5.38. The summed E-state index contributed by atoms with van der Waals surface area (Å²) >= 11 is 0. The van der Waals surface area contributed by atoms with Gasteiger partial charge in [-0.2, -0.15) is 5.10 Å². The summed E-state index contributed by atoms with van der Waals surface area (Å²) in [7, 11) is 0. The van der Waals surface area contributed by atoms with E-state index >= 15 is 0 Å². The molecule has 1 heterocycles. The average Bonchev–Trinajstić information content (AvgIpc) is 2.80. The van der Waals surface area contributed by atoms with Crippen LogP contribution in [0.25, 0.3) is 0 Å². The van der Waals surface area contributed by atoms with E-state index in [0.29, 0.717) is 0 Å². The Balaban J connectivity index is 2.52. The first-order chi connectivity index (χ1) is 9.56. The first kappa shape index (κ1) is 14.8. The van der Waals surface area contributed by atoms with Crippen LogP contribution in [0.15, 0.2) is 24.3 Å². The summed E-state index contributed by atoms with van der Waals surface area (Å²) in [6.45, 7) is 12.5. The minimum atomic E-state index is 0.209. The predicted octanol–water partition coefficient (Wildman–Crippen LogP) is 3.53. The normalized spacial score (nSPS) is 12.7. The van der Waals surface area contributed by atoms with Crippen LogP contribution in [0.1, 0.15) is 48.0 Å². The van der Waals surface area contributed by atoms with Crippen LogP contribution in [-0.4, -0.2) is 16.3 Å². The molecule has 1 atom stereocenters. The molecule has 1 unspecified atom stereocenters. The van der Waals surface area contributed by atoms with E-state index in [4.69, 9.17) is 0 Å². The molecule has 1 aromatic carbocycles. The molecule has 3 nitrogen and oxygen atoms in total. The van der Waals surface area contributed by atoms with Crippen molar-refractivity contribution in [3.8, 4) is 0 Å². The van der Waals surface area contributed by atoms with E-state index in [9.17, 15) is 0 Å². The highest BCUT2D eigenvalue weighted by Gasteiger charge is 2.19. The highest BCUT2D eigenvalue weighted by atomic mass is 15.3. The Morgan fingerprint density at radius 3 is 2.55 bits per heavy atom. The van der Waals surface area contributed by atoms with Gasteiger partial charge >= 0.3 is 0 Å². The molecule has 0 bridgehead atoms. The zero-order chi connectivity index (χ0) is 14.7. The first-order valence-corrected chi connectivity index (χ1v) is 7.41. The number of nitrogens with one attached hydrogen (secondary N) is 1. The minimum Gasteiger partial charge on any atom is -0.305 e. The lowest BCUT2D eigenvalue weighted by molar-refractivity contribution is 0.539. The van der Waals surface area contributed by atoms with Crippen LogP contribution < -0.4 is 5.32 Å². The largest absolute Gasteiger partial charge is 0.305 e. The number of benzene rings is 1. The maximum absolute atomic E-state index is 4.59. The first-order valence-electron chi connectivity index (χ1n) is 7.41. The lowest BCUT2D eigenvalue weighted by Gasteiger charge is -2.22. The summed E-state index contributed by atoms with van der Waals surface area (Å²) in [5.41, 5.74) is 6.30.